The number of rotatable bonds is 4. The summed E-state index contributed by atoms with van der Waals surface area (Å²) < 4.78 is 0. The molecule has 4 heteroatoms. The summed E-state index contributed by atoms with van der Waals surface area (Å²) >= 11 is 0. The summed E-state index contributed by atoms with van der Waals surface area (Å²) in [4.78, 5) is 19.3. The first kappa shape index (κ1) is 18.4. The summed E-state index contributed by atoms with van der Waals surface area (Å²) in [5.41, 5.74) is 6.24. The van der Waals surface area contributed by atoms with Crippen LogP contribution in [0.1, 0.15) is 46.6 Å². The number of benzene rings is 2. The molecule has 1 N–H and O–H groups in total. The van der Waals surface area contributed by atoms with E-state index in [-0.39, 0.29) is 0 Å². The summed E-state index contributed by atoms with van der Waals surface area (Å²) in [6, 6.07) is 16.0. The van der Waals surface area contributed by atoms with Crippen molar-refractivity contribution in [2.75, 3.05) is 13.1 Å². The molecule has 0 amide bonds. The second-order valence-corrected chi connectivity index (χ2v) is 7.20. The number of aryl methyl sites for hydroxylation is 1. The maximum atomic E-state index is 12.2. The van der Waals surface area contributed by atoms with E-state index in [1.54, 1.807) is 0 Å². The molecule has 2 aromatic carbocycles. The third-order valence-electron chi connectivity index (χ3n) is 5.46. The number of carboxylic acid groups (broad SMARTS) is 1. The largest absolute Gasteiger partial charge is 0.478 e. The molecule has 0 radical (unpaired) electrons. The molecule has 3 aromatic rings. The molecule has 4 rings (SSSR count). The smallest absolute Gasteiger partial charge is 0.336 e. The number of hydrogen-bond donors (Lipinski definition) is 1. The van der Waals surface area contributed by atoms with Crippen molar-refractivity contribution < 1.29 is 9.90 Å². The van der Waals surface area contributed by atoms with Crippen LogP contribution < -0.4 is 0 Å². The number of para-hydroxylation sites is 1. The Labute approximate surface area is 165 Å². The second-order valence-electron chi connectivity index (χ2n) is 7.20. The lowest BCUT2D eigenvalue weighted by atomic mass is 9.92. The van der Waals surface area contributed by atoms with Gasteiger partial charge in [0.15, 0.2) is 0 Å². The van der Waals surface area contributed by atoms with Crippen molar-refractivity contribution in [1.29, 1.82) is 0 Å². The van der Waals surface area contributed by atoms with Crippen molar-refractivity contribution in [2.24, 2.45) is 0 Å². The number of hydrogen-bond acceptors (Lipinski definition) is 3. The summed E-state index contributed by atoms with van der Waals surface area (Å²) in [7, 11) is 0. The second kappa shape index (κ2) is 7.56. The standard InChI is InChI=1S/C24H24N2O2/c1-3-16-9-11-17(12-10-16)13-18-14-26(4-2)15-20-22(24(27)28)19-7-5-6-8-21(19)25-23(18)20/h5-13H,3-4,14-15H2,1-2H3,(H,27,28)/b18-13-. The molecule has 0 unspecified atom stereocenters. The van der Waals surface area contributed by atoms with Crippen molar-refractivity contribution in [2.45, 2.75) is 26.8 Å². The molecule has 0 atom stereocenters. The first-order valence-electron chi connectivity index (χ1n) is 9.77. The van der Waals surface area contributed by atoms with Gasteiger partial charge in [0.05, 0.1) is 16.8 Å². The van der Waals surface area contributed by atoms with E-state index in [1.165, 1.54) is 5.56 Å². The lowest BCUT2D eigenvalue weighted by molar-refractivity contribution is 0.0696. The fraction of sp³-hybridized carbons (Fsp3) is 0.250. The predicted molar refractivity (Wildman–Crippen MR) is 113 cm³/mol. The van der Waals surface area contributed by atoms with Crippen LogP contribution in [0.15, 0.2) is 48.5 Å². The molecule has 1 aromatic heterocycles. The van der Waals surface area contributed by atoms with E-state index in [1.807, 2.05) is 24.3 Å². The van der Waals surface area contributed by atoms with E-state index in [9.17, 15) is 9.90 Å². The highest BCUT2D eigenvalue weighted by Gasteiger charge is 2.27. The Hall–Kier alpha value is -2.98. The van der Waals surface area contributed by atoms with Crippen LogP contribution in [0.4, 0.5) is 0 Å². The number of aromatic carboxylic acids is 1. The summed E-state index contributed by atoms with van der Waals surface area (Å²) in [5, 5.41) is 10.7. The maximum absolute atomic E-state index is 12.2. The molecule has 0 saturated carbocycles. The zero-order valence-electron chi connectivity index (χ0n) is 16.3. The average molecular weight is 372 g/mol. The van der Waals surface area contributed by atoms with Gasteiger partial charge in [-0.25, -0.2) is 9.78 Å². The summed E-state index contributed by atoms with van der Waals surface area (Å²) in [6.45, 7) is 6.48. The number of nitrogens with zero attached hydrogens (tertiary/aromatic N) is 2. The zero-order chi connectivity index (χ0) is 19.7. The van der Waals surface area contributed by atoms with Crippen molar-refractivity contribution >= 4 is 28.5 Å². The lowest BCUT2D eigenvalue weighted by Crippen LogP contribution is -2.31. The molecule has 1 aliphatic heterocycles. The molecule has 28 heavy (non-hydrogen) atoms. The van der Waals surface area contributed by atoms with Crippen molar-refractivity contribution in [3.05, 3.63) is 76.5 Å². The topological polar surface area (TPSA) is 53.4 Å². The number of likely N-dealkylation sites (N-methyl/N-ethyl adjacent to an activating group) is 1. The van der Waals surface area contributed by atoms with Crippen LogP contribution in [-0.2, 0) is 13.0 Å². The van der Waals surface area contributed by atoms with Gasteiger partial charge in [-0.05, 0) is 41.8 Å². The van der Waals surface area contributed by atoms with Crippen molar-refractivity contribution in [3.63, 3.8) is 0 Å². The van der Waals surface area contributed by atoms with Gasteiger partial charge in [0.2, 0.25) is 0 Å². The van der Waals surface area contributed by atoms with Gasteiger partial charge in [-0.1, -0.05) is 56.3 Å². The van der Waals surface area contributed by atoms with Gasteiger partial charge in [0, 0.05) is 24.0 Å². The SMILES string of the molecule is CCc1ccc(/C=C2/CN(CC)Cc3c2nc2ccccc2c3C(=O)O)cc1. The molecule has 0 bridgehead atoms. The fourth-order valence-electron chi connectivity index (χ4n) is 3.90. The Morgan fingerprint density at radius 1 is 1.11 bits per heavy atom. The molecular formula is C24H24N2O2. The minimum atomic E-state index is -0.889. The number of fused-ring (bicyclic) bond motifs is 2. The molecule has 0 fully saturated rings. The maximum Gasteiger partial charge on any atom is 0.336 e. The molecule has 0 aliphatic carbocycles. The molecular weight excluding hydrogens is 348 g/mol. The van der Waals surface area contributed by atoms with E-state index >= 15 is 0 Å². The molecule has 0 spiro atoms. The van der Waals surface area contributed by atoms with Crippen LogP contribution in [0.5, 0.6) is 0 Å². The van der Waals surface area contributed by atoms with Gasteiger partial charge in [0.25, 0.3) is 0 Å². The Bertz CT molecular complexity index is 1070. The fourth-order valence-corrected chi connectivity index (χ4v) is 3.90. The van der Waals surface area contributed by atoms with Gasteiger partial charge < -0.3 is 5.11 Å². The van der Waals surface area contributed by atoms with E-state index in [2.05, 4.69) is 49.1 Å². The normalized spacial score (nSPS) is 15.7. The highest BCUT2D eigenvalue weighted by molar-refractivity contribution is 6.06. The van der Waals surface area contributed by atoms with Gasteiger partial charge in [-0.3, -0.25) is 4.90 Å². The van der Waals surface area contributed by atoms with E-state index in [0.717, 1.165) is 47.4 Å². The van der Waals surface area contributed by atoms with Gasteiger partial charge in [-0.2, -0.15) is 0 Å². The zero-order valence-corrected chi connectivity index (χ0v) is 16.3. The highest BCUT2D eigenvalue weighted by atomic mass is 16.4. The van der Waals surface area contributed by atoms with Crippen LogP contribution >= 0.6 is 0 Å². The molecule has 0 saturated heterocycles. The predicted octanol–water partition coefficient (Wildman–Crippen LogP) is 4.87. The van der Waals surface area contributed by atoms with E-state index < -0.39 is 5.97 Å². The minimum absolute atomic E-state index is 0.381. The summed E-state index contributed by atoms with van der Waals surface area (Å²) in [5.74, 6) is -0.889. The Balaban J connectivity index is 1.93. The van der Waals surface area contributed by atoms with Crippen LogP contribution in [0.3, 0.4) is 0 Å². The van der Waals surface area contributed by atoms with Crippen LogP contribution in [0, 0.1) is 0 Å². The lowest BCUT2D eigenvalue weighted by Gasteiger charge is -2.30. The molecule has 142 valence electrons. The number of pyridine rings is 1. The number of aromatic nitrogens is 1. The first-order valence-corrected chi connectivity index (χ1v) is 9.77. The Morgan fingerprint density at radius 2 is 1.86 bits per heavy atom. The van der Waals surface area contributed by atoms with E-state index in [0.29, 0.717) is 17.5 Å². The summed E-state index contributed by atoms with van der Waals surface area (Å²) in [6.07, 6.45) is 3.16. The van der Waals surface area contributed by atoms with Gasteiger partial charge in [-0.15, -0.1) is 0 Å². The third-order valence-corrected chi connectivity index (χ3v) is 5.46. The minimum Gasteiger partial charge on any atom is -0.478 e. The Morgan fingerprint density at radius 3 is 2.54 bits per heavy atom. The quantitative estimate of drug-likeness (QED) is 0.710. The third kappa shape index (κ3) is 3.32. The molecule has 1 aliphatic rings. The monoisotopic (exact) mass is 372 g/mol. The average Bonchev–Trinajstić information content (AvgIpc) is 2.72. The van der Waals surface area contributed by atoms with Gasteiger partial charge in [0.1, 0.15) is 0 Å². The van der Waals surface area contributed by atoms with Crippen molar-refractivity contribution in [1.82, 2.24) is 9.88 Å². The molecule has 2 heterocycles. The first-order chi connectivity index (χ1) is 13.6. The number of carboxylic acids is 1. The van der Waals surface area contributed by atoms with E-state index in [4.69, 9.17) is 4.98 Å². The number of carbonyl (C=O) groups is 1. The van der Waals surface area contributed by atoms with Crippen LogP contribution in [0.25, 0.3) is 22.6 Å². The van der Waals surface area contributed by atoms with Crippen molar-refractivity contribution in [3.8, 4) is 0 Å². The van der Waals surface area contributed by atoms with Gasteiger partial charge >= 0.3 is 5.97 Å². The van der Waals surface area contributed by atoms with Crippen LogP contribution in [-0.4, -0.2) is 34.0 Å². The highest BCUT2D eigenvalue weighted by Crippen LogP contribution is 2.34. The Kier molecular flexibility index (Phi) is 4.97. The van der Waals surface area contributed by atoms with Crippen LogP contribution in [0.2, 0.25) is 0 Å². The molecule has 4 nitrogen and oxygen atoms in total.